The first-order valence-electron chi connectivity index (χ1n) is 19.2. The van der Waals surface area contributed by atoms with E-state index in [2.05, 4.69) is 170 Å². The quantitative estimate of drug-likeness (QED) is 0.170. The van der Waals surface area contributed by atoms with Crippen molar-refractivity contribution < 1.29 is 8.83 Å². The van der Waals surface area contributed by atoms with Gasteiger partial charge in [-0.3, -0.25) is 0 Å². The zero-order valence-corrected chi connectivity index (χ0v) is 30.3. The normalized spacial score (nSPS) is 11.9. The van der Waals surface area contributed by atoms with Crippen LogP contribution in [0.1, 0.15) is 0 Å². The second kappa shape index (κ2) is 12.0. The summed E-state index contributed by atoms with van der Waals surface area (Å²) in [6.07, 6.45) is 0. The molecule has 10 aromatic carbocycles. The van der Waals surface area contributed by atoms with Gasteiger partial charge in [0.2, 0.25) is 0 Å². The molecule has 0 spiro atoms. The summed E-state index contributed by atoms with van der Waals surface area (Å²) in [5, 5.41) is 11.8. The monoisotopic (exact) mass is 712 g/mol. The minimum atomic E-state index is 0.869. The summed E-state index contributed by atoms with van der Waals surface area (Å²) in [6.45, 7) is 0. The highest BCUT2D eigenvalue weighted by molar-refractivity contribution is 6.26. The van der Waals surface area contributed by atoms with Gasteiger partial charge in [-0.15, -0.1) is 0 Å². The van der Waals surface area contributed by atoms with Crippen LogP contribution in [0.5, 0.6) is 0 Å². The zero-order valence-electron chi connectivity index (χ0n) is 30.3. The molecule has 0 saturated heterocycles. The molecule has 0 amide bonds. The summed E-state index contributed by atoms with van der Waals surface area (Å²) in [6, 6.07) is 69.9. The predicted octanol–water partition coefficient (Wildman–Crippen LogP) is 15.6. The third-order valence-electron chi connectivity index (χ3n) is 11.6. The molecule has 0 aliphatic rings. The SMILES string of the molecule is c1ccc(-c2cccc(-c3c4ccccc4c(-c4ccc5c(-c6ccc7c(c6)oc6ccc8oc9ccccc9c8c67)cccc5c4)c4ccccc34)c2)cc1. The second-order valence-corrected chi connectivity index (χ2v) is 14.8. The Kier molecular flexibility index (Phi) is 6.66. The van der Waals surface area contributed by atoms with Crippen molar-refractivity contribution in [2.75, 3.05) is 0 Å². The third kappa shape index (κ3) is 4.63. The molecule has 0 N–H and O–H groups in total. The highest BCUT2D eigenvalue weighted by Crippen LogP contribution is 2.46. The lowest BCUT2D eigenvalue weighted by Crippen LogP contribution is -1.91. The molecule has 2 aromatic heterocycles. The van der Waals surface area contributed by atoms with Crippen molar-refractivity contribution in [1.29, 1.82) is 0 Å². The van der Waals surface area contributed by atoms with E-state index in [1.165, 1.54) is 71.3 Å². The third-order valence-corrected chi connectivity index (χ3v) is 11.6. The number of rotatable bonds is 4. The van der Waals surface area contributed by atoms with Gasteiger partial charge in [-0.2, -0.15) is 0 Å². The molecule has 0 aliphatic carbocycles. The fourth-order valence-electron chi connectivity index (χ4n) is 9.18. The Bertz CT molecular complexity index is 3470. The molecule has 2 heterocycles. The van der Waals surface area contributed by atoms with Gasteiger partial charge in [-0.1, -0.05) is 152 Å². The van der Waals surface area contributed by atoms with E-state index in [1.807, 2.05) is 24.3 Å². The molecule has 2 heteroatoms. The molecule has 0 radical (unpaired) electrons. The Morgan fingerprint density at radius 2 is 0.768 bits per heavy atom. The Morgan fingerprint density at radius 3 is 1.48 bits per heavy atom. The van der Waals surface area contributed by atoms with E-state index in [4.69, 9.17) is 8.83 Å². The lowest BCUT2D eigenvalue weighted by atomic mass is 9.85. The standard InChI is InChI=1S/C54H32O2/c1-2-12-33(13-3-1)34-14-10-16-37(30-34)51-41-17-4-6-19-43(41)52(44-20-7-5-18-42(44)51)38-25-26-40-35(31-38)15-11-22-39(40)36-24-27-46-50(32-36)56-49-29-28-48-53(54(46)49)45-21-8-9-23-47(45)55-48/h1-32H. The first kappa shape index (κ1) is 31.0. The summed E-state index contributed by atoms with van der Waals surface area (Å²) >= 11 is 0. The van der Waals surface area contributed by atoms with Crippen LogP contribution in [-0.2, 0) is 0 Å². The molecule has 12 rings (SSSR count). The van der Waals surface area contributed by atoms with Crippen LogP contribution in [0.15, 0.2) is 203 Å². The molecule has 0 bridgehead atoms. The van der Waals surface area contributed by atoms with Crippen molar-refractivity contribution in [2.24, 2.45) is 0 Å². The molecule has 0 unspecified atom stereocenters. The first-order valence-corrected chi connectivity index (χ1v) is 19.2. The van der Waals surface area contributed by atoms with Crippen molar-refractivity contribution >= 4 is 76.2 Å². The maximum Gasteiger partial charge on any atom is 0.136 e. The van der Waals surface area contributed by atoms with Crippen LogP contribution in [0.2, 0.25) is 0 Å². The molecule has 12 aromatic rings. The number of hydrogen-bond acceptors (Lipinski definition) is 2. The molecule has 260 valence electrons. The van der Waals surface area contributed by atoms with Gasteiger partial charge >= 0.3 is 0 Å². The molecule has 0 atom stereocenters. The van der Waals surface area contributed by atoms with Gasteiger partial charge in [0.15, 0.2) is 0 Å². The predicted molar refractivity (Wildman–Crippen MR) is 235 cm³/mol. The van der Waals surface area contributed by atoms with E-state index in [9.17, 15) is 0 Å². The van der Waals surface area contributed by atoms with E-state index < -0.39 is 0 Å². The number of hydrogen-bond donors (Lipinski definition) is 0. The fourth-order valence-corrected chi connectivity index (χ4v) is 9.18. The summed E-state index contributed by atoms with van der Waals surface area (Å²) in [5.74, 6) is 0. The van der Waals surface area contributed by atoms with Crippen molar-refractivity contribution in [3.63, 3.8) is 0 Å². The van der Waals surface area contributed by atoms with Crippen LogP contribution < -0.4 is 0 Å². The molecular weight excluding hydrogens is 681 g/mol. The van der Waals surface area contributed by atoms with Crippen LogP contribution in [0.3, 0.4) is 0 Å². The van der Waals surface area contributed by atoms with Crippen LogP contribution >= 0.6 is 0 Å². The van der Waals surface area contributed by atoms with Crippen molar-refractivity contribution in [3.8, 4) is 44.5 Å². The minimum Gasteiger partial charge on any atom is -0.456 e. The van der Waals surface area contributed by atoms with E-state index in [-0.39, 0.29) is 0 Å². The molecule has 2 nitrogen and oxygen atoms in total. The average molecular weight is 713 g/mol. The van der Waals surface area contributed by atoms with E-state index in [0.29, 0.717) is 0 Å². The Labute approximate surface area is 322 Å². The van der Waals surface area contributed by atoms with Gasteiger partial charge in [0, 0.05) is 21.5 Å². The van der Waals surface area contributed by atoms with Crippen LogP contribution in [0.4, 0.5) is 0 Å². The van der Waals surface area contributed by atoms with Crippen molar-refractivity contribution in [3.05, 3.63) is 194 Å². The van der Waals surface area contributed by atoms with Gasteiger partial charge in [0.05, 0.1) is 0 Å². The first-order chi connectivity index (χ1) is 27.8. The molecule has 0 saturated carbocycles. The zero-order chi connectivity index (χ0) is 36.7. The highest BCUT2D eigenvalue weighted by atomic mass is 16.3. The average Bonchev–Trinajstić information content (AvgIpc) is 3.83. The highest BCUT2D eigenvalue weighted by Gasteiger charge is 2.19. The van der Waals surface area contributed by atoms with Crippen molar-refractivity contribution in [2.45, 2.75) is 0 Å². The Morgan fingerprint density at radius 1 is 0.250 bits per heavy atom. The van der Waals surface area contributed by atoms with Crippen molar-refractivity contribution in [1.82, 2.24) is 0 Å². The largest absolute Gasteiger partial charge is 0.456 e. The van der Waals surface area contributed by atoms with Crippen LogP contribution in [0, 0.1) is 0 Å². The molecule has 56 heavy (non-hydrogen) atoms. The smallest absolute Gasteiger partial charge is 0.136 e. The fraction of sp³-hybridized carbons (Fsp3) is 0. The van der Waals surface area contributed by atoms with Gasteiger partial charge in [-0.05, 0) is 119 Å². The van der Waals surface area contributed by atoms with Gasteiger partial charge in [0.1, 0.15) is 22.3 Å². The number of furan rings is 2. The van der Waals surface area contributed by atoms with Gasteiger partial charge in [-0.25, -0.2) is 0 Å². The maximum atomic E-state index is 6.54. The van der Waals surface area contributed by atoms with Gasteiger partial charge in [0.25, 0.3) is 0 Å². The molecule has 0 fully saturated rings. The Hall–Kier alpha value is -7.42. The van der Waals surface area contributed by atoms with E-state index >= 15 is 0 Å². The van der Waals surface area contributed by atoms with Crippen LogP contribution in [0.25, 0.3) is 121 Å². The van der Waals surface area contributed by atoms with E-state index in [1.54, 1.807) is 0 Å². The second-order valence-electron chi connectivity index (χ2n) is 14.8. The number of para-hydroxylation sites is 1. The topological polar surface area (TPSA) is 26.3 Å². The molecule has 0 aliphatic heterocycles. The minimum absolute atomic E-state index is 0.869. The Balaban J connectivity index is 1.01. The maximum absolute atomic E-state index is 6.54. The summed E-state index contributed by atoms with van der Waals surface area (Å²) in [4.78, 5) is 0. The summed E-state index contributed by atoms with van der Waals surface area (Å²) in [7, 11) is 0. The lowest BCUT2D eigenvalue weighted by Gasteiger charge is -2.18. The number of fused-ring (bicyclic) bond motifs is 10. The van der Waals surface area contributed by atoms with E-state index in [0.717, 1.165) is 49.4 Å². The number of benzene rings is 10. The van der Waals surface area contributed by atoms with Crippen LogP contribution in [-0.4, -0.2) is 0 Å². The summed E-state index contributed by atoms with van der Waals surface area (Å²) in [5.41, 5.74) is 13.2. The van der Waals surface area contributed by atoms with Gasteiger partial charge < -0.3 is 8.83 Å². The molecular formula is C54H32O2. The summed E-state index contributed by atoms with van der Waals surface area (Å²) < 4.78 is 12.8. The lowest BCUT2D eigenvalue weighted by molar-refractivity contribution is 0.663.